The first-order valence-electron chi connectivity index (χ1n) is 7.10. The van der Waals surface area contributed by atoms with Crippen molar-refractivity contribution in [2.45, 2.75) is 45.0 Å². The van der Waals surface area contributed by atoms with E-state index in [2.05, 4.69) is 49.8 Å². The molecule has 3 nitrogen and oxygen atoms in total. The van der Waals surface area contributed by atoms with Gasteiger partial charge in [0.1, 0.15) is 0 Å². The van der Waals surface area contributed by atoms with Crippen molar-refractivity contribution < 1.29 is 4.43 Å². The molecule has 1 heterocycles. The van der Waals surface area contributed by atoms with Gasteiger partial charge in [0.15, 0.2) is 14.4 Å². The van der Waals surface area contributed by atoms with Crippen LogP contribution in [-0.2, 0) is 4.43 Å². The zero-order valence-corrected chi connectivity index (χ0v) is 14.3. The van der Waals surface area contributed by atoms with Gasteiger partial charge in [0, 0.05) is 0 Å². The second-order valence-electron chi connectivity index (χ2n) is 6.71. The monoisotopic (exact) mass is 298 g/mol. The fourth-order valence-electron chi connectivity index (χ4n) is 1.75. The van der Waals surface area contributed by atoms with E-state index in [4.69, 9.17) is 10.8 Å². The first-order chi connectivity index (χ1) is 9.74. The summed E-state index contributed by atoms with van der Waals surface area (Å²) in [5.41, 5.74) is 2.42. The Morgan fingerprint density at radius 1 is 1.19 bits per heavy atom. The summed E-state index contributed by atoms with van der Waals surface area (Å²) in [6.07, 6.45) is 6.96. The van der Waals surface area contributed by atoms with Gasteiger partial charge < -0.3 is 4.43 Å². The molecule has 21 heavy (non-hydrogen) atoms. The first-order valence-corrected chi connectivity index (χ1v) is 10.0. The molecule has 1 aromatic heterocycles. The van der Waals surface area contributed by atoms with Crippen LogP contribution in [0.1, 0.15) is 32.6 Å². The van der Waals surface area contributed by atoms with Gasteiger partial charge in [-0.05, 0) is 30.3 Å². The third-order valence-electron chi connectivity index (χ3n) is 4.11. The minimum atomic E-state index is -1.95. The first kappa shape index (κ1) is 15.7. The molecule has 2 rings (SSSR count). The van der Waals surface area contributed by atoms with Crippen molar-refractivity contribution in [3.8, 4) is 12.3 Å². The van der Waals surface area contributed by atoms with Crippen LogP contribution in [0, 0.1) is 12.3 Å². The molecule has 0 aliphatic rings. The predicted molar refractivity (Wildman–Crippen MR) is 89.4 cm³/mol. The number of benzene rings is 1. The van der Waals surface area contributed by atoms with Crippen molar-refractivity contribution in [2.24, 2.45) is 0 Å². The van der Waals surface area contributed by atoms with Crippen LogP contribution in [0.3, 0.4) is 0 Å². The highest BCUT2D eigenvalue weighted by atomic mass is 28.4. The molecular formula is C17H22N2OSi. The third kappa shape index (κ3) is 3.31. The second kappa shape index (κ2) is 5.59. The topological polar surface area (TPSA) is 35.0 Å². The van der Waals surface area contributed by atoms with E-state index in [1.165, 1.54) is 0 Å². The zero-order chi connectivity index (χ0) is 15.7. The van der Waals surface area contributed by atoms with Gasteiger partial charge >= 0.3 is 0 Å². The molecule has 4 heteroatoms. The van der Waals surface area contributed by atoms with E-state index < -0.39 is 14.4 Å². The average molecular weight is 298 g/mol. The molecule has 110 valence electrons. The number of hydrogen-bond donors (Lipinski definition) is 0. The summed E-state index contributed by atoms with van der Waals surface area (Å²) in [4.78, 5) is 9.02. The Morgan fingerprint density at radius 3 is 2.38 bits per heavy atom. The van der Waals surface area contributed by atoms with E-state index in [9.17, 15) is 0 Å². The average Bonchev–Trinajstić information content (AvgIpc) is 2.43. The van der Waals surface area contributed by atoms with Gasteiger partial charge in [-0.1, -0.05) is 38.8 Å². The molecule has 0 fully saturated rings. The van der Waals surface area contributed by atoms with Gasteiger partial charge in [-0.2, -0.15) is 0 Å². The summed E-state index contributed by atoms with van der Waals surface area (Å²) in [6, 6.07) is 7.76. The van der Waals surface area contributed by atoms with Crippen molar-refractivity contribution in [2.75, 3.05) is 0 Å². The van der Waals surface area contributed by atoms with E-state index in [1.807, 2.05) is 24.3 Å². The highest BCUT2D eigenvalue weighted by Crippen LogP contribution is 2.39. The Balaban J connectivity index is 2.34. The van der Waals surface area contributed by atoms with E-state index in [-0.39, 0.29) is 5.04 Å². The fourth-order valence-corrected chi connectivity index (χ4v) is 2.88. The van der Waals surface area contributed by atoms with Gasteiger partial charge in [-0.15, -0.1) is 6.42 Å². The van der Waals surface area contributed by atoms with Gasteiger partial charge in [-0.25, -0.2) is 4.98 Å². The summed E-state index contributed by atoms with van der Waals surface area (Å²) < 4.78 is 6.29. The molecule has 1 unspecified atom stereocenters. The van der Waals surface area contributed by atoms with Gasteiger partial charge in [0.2, 0.25) is 0 Å². The Kier molecular flexibility index (Phi) is 4.17. The Hall–Kier alpha value is -1.70. The summed E-state index contributed by atoms with van der Waals surface area (Å²) in [5.74, 6) is 2.72. The summed E-state index contributed by atoms with van der Waals surface area (Å²) in [6.45, 7) is 11.0. The number of fused-ring (bicyclic) bond motifs is 1. The van der Waals surface area contributed by atoms with Crippen LogP contribution in [0.4, 0.5) is 0 Å². The SMILES string of the molecule is C#CC(O[Si](C)(C)C(C)(C)C)c1cnc2ccccc2n1. The van der Waals surface area contributed by atoms with Crippen molar-refractivity contribution in [1.29, 1.82) is 0 Å². The molecule has 0 N–H and O–H groups in total. The fraction of sp³-hybridized carbons (Fsp3) is 0.412. The van der Waals surface area contributed by atoms with Crippen LogP contribution < -0.4 is 0 Å². The number of nitrogens with zero attached hydrogens (tertiary/aromatic N) is 2. The highest BCUT2D eigenvalue weighted by molar-refractivity contribution is 6.74. The van der Waals surface area contributed by atoms with Crippen molar-refractivity contribution >= 4 is 19.4 Å². The maximum Gasteiger partial charge on any atom is 0.194 e. The van der Waals surface area contributed by atoms with E-state index >= 15 is 0 Å². The van der Waals surface area contributed by atoms with Gasteiger partial charge in [0.05, 0.1) is 22.9 Å². The Morgan fingerprint density at radius 2 is 1.81 bits per heavy atom. The summed E-state index contributed by atoms with van der Waals surface area (Å²) in [5, 5.41) is 0.104. The largest absolute Gasteiger partial charge is 0.398 e. The quantitative estimate of drug-likeness (QED) is 0.625. The molecular weight excluding hydrogens is 276 g/mol. The molecule has 0 aliphatic heterocycles. The highest BCUT2D eigenvalue weighted by Gasteiger charge is 2.39. The normalized spacial score (nSPS) is 13.9. The molecule has 0 aliphatic carbocycles. The van der Waals surface area contributed by atoms with Crippen LogP contribution >= 0.6 is 0 Å². The lowest BCUT2D eigenvalue weighted by Gasteiger charge is -2.37. The van der Waals surface area contributed by atoms with Crippen LogP contribution in [-0.4, -0.2) is 18.3 Å². The van der Waals surface area contributed by atoms with Crippen molar-refractivity contribution in [3.63, 3.8) is 0 Å². The lowest BCUT2D eigenvalue weighted by molar-refractivity contribution is 0.234. The number of para-hydroxylation sites is 2. The van der Waals surface area contributed by atoms with Crippen molar-refractivity contribution in [3.05, 3.63) is 36.2 Å². The molecule has 0 spiro atoms. The predicted octanol–water partition coefficient (Wildman–Crippen LogP) is 4.33. The maximum absolute atomic E-state index is 6.29. The molecule has 1 aromatic carbocycles. The Labute approximate surface area is 127 Å². The Bertz CT molecular complexity index is 683. The molecule has 0 radical (unpaired) electrons. The molecule has 2 aromatic rings. The third-order valence-corrected chi connectivity index (χ3v) is 8.54. The minimum absolute atomic E-state index is 0.104. The van der Waals surface area contributed by atoms with Crippen LogP contribution in [0.5, 0.6) is 0 Å². The van der Waals surface area contributed by atoms with E-state index in [0.717, 1.165) is 11.0 Å². The van der Waals surface area contributed by atoms with Crippen molar-refractivity contribution in [1.82, 2.24) is 9.97 Å². The smallest absolute Gasteiger partial charge is 0.194 e. The lowest BCUT2D eigenvalue weighted by Crippen LogP contribution is -2.41. The molecule has 1 atom stereocenters. The molecule has 0 amide bonds. The second-order valence-corrected chi connectivity index (χ2v) is 11.5. The number of hydrogen-bond acceptors (Lipinski definition) is 3. The number of rotatable bonds is 3. The van der Waals surface area contributed by atoms with Crippen LogP contribution in [0.15, 0.2) is 30.5 Å². The van der Waals surface area contributed by atoms with Gasteiger partial charge in [-0.3, -0.25) is 4.98 Å². The molecule has 0 bridgehead atoms. The van der Waals surface area contributed by atoms with Crippen LogP contribution in [0.25, 0.3) is 11.0 Å². The minimum Gasteiger partial charge on any atom is -0.398 e. The zero-order valence-electron chi connectivity index (χ0n) is 13.3. The van der Waals surface area contributed by atoms with E-state index in [0.29, 0.717) is 5.69 Å². The maximum atomic E-state index is 6.29. The number of aromatic nitrogens is 2. The summed E-state index contributed by atoms with van der Waals surface area (Å²) in [7, 11) is -1.95. The van der Waals surface area contributed by atoms with Gasteiger partial charge in [0.25, 0.3) is 0 Å². The molecule has 0 saturated heterocycles. The standard InChI is InChI=1S/C17H22N2OSi/c1-7-16(20-21(5,6)17(2,3)4)15-12-18-13-10-8-9-11-14(13)19-15/h1,8-12,16H,2-6H3. The number of terminal acetylenes is 1. The summed E-state index contributed by atoms with van der Waals surface area (Å²) >= 11 is 0. The lowest BCUT2D eigenvalue weighted by atomic mass is 10.2. The van der Waals surface area contributed by atoms with Crippen LogP contribution in [0.2, 0.25) is 18.1 Å². The molecule has 0 saturated carbocycles. The van der Waals surface area contributed by atoms with E-state index in [1.54, 1.807) is 6.20 Å².